The van der Waals surface area contributed by atoms with Gasteiger partial charge in [-0.25, -0.2) is 29.9 Å². The van der Waals surface area contributed by atoms with Gasteiger partial charge in [-0.2, -0.15) is 0 Å². The predicted molar refractivity (Wildman–Crippen MR) is 385 cm³/mol. The minimum absolute atomic E-state index is 0.0213. The second-order valence-corrected chi connectivity index (χ2v) is 26.2. The highest BCUT2D eigenvalue weighted by Crippen LogP contribution is 2.37. The Balaban J connectivity index is 0.724. The molecule has 0 saturated carbocycles. The lowest BCUT2D eigenvalue weighted by atomic mass is 10.0. The molecule has 0 spiro atoms. The summed E-state index contributed by atoms with van der Waals surface area (Å²) in [6.07, 6.45) is 24.4. The number of hydrogen-bond donors (Lipinski definition) is 3. The Labute approximate surface area is 566 Å². The minimum atomic E-state index is -0.818. The van der Waals surface area contributed by atoms with Gasteiger partial charge in [0.05, 0.1) is 24.3 Å². The normalized spacial score (nSPS) is 12.1. The van der Waals surface area contributed by atoms with Crippen molar-refractivity contribution in [3.8, 4) is 91.3 Å². The first-order valence-electron chi connectivity index (χ1n) is 35.3. The zero-order valence-electron chi connectivity index (χ0n) is 58.4. The number of aryl methyl sites for hydroxylation is 8. The molecule has 8 aromatic rings. The van der Waals surface area contributed by atoms with Gasteiger partial charge in [-0.15, -0.1) is 0 Å². The Bertz CT molecular complexity index is 3530. The molecular weight excluding hydrogens is 1180 g/mol. The van der Waals surface area contributed by atoms with Crippen LogP contribution in [0, 0.1) is 55.4 Å². The van der Waals surface area contributed by atoms with E-state index in [1.54, 1.807) is 18.2 Å². The molecule has 3 N–H and O–H groups in total. The van der Waals surface area contributed by atoms with Crippen LogP contribution in [0.3, 0.4) is 0 Å². The molecule has 8 rings (SSSR count). The van der Waals surface area contributed by atoms with E-state index in [9.17, 15) is 15.3 Å². The Morgan fingerprint density at radius 1 is 0.316 bits per heavy atom. The van der Waals surface area contributed by atoms with E-state index in [1.807, 2.05) is 50.2 Å². The van der Waals surface area contributed by atoms with E-state index in [0.29, 0.717) is 90.6 Å². The summed E-state index contributed by atoms with van der Waals surface area (Å²) in [6.45, 7) is 21.6. The number of rotatable bonds is 42. The van der Waals surface area contributed by atoms with Crippen LogP contribution < -0.4 is 9.47 Å². The fourth-order valence-corrected chi connectivity index (χ4v) is 12.2. The molecule has 508 valence electrons. The van der Waals surface area contributed by atoms with Crippen LogP contribution in [0.1, 0.15) is 186 Å². The van der Waals surface area contributed by atoms with E-state index in [2.05, 4.69) is 97.0 Å². The van der Waals surface area contributed by atoms with E-state index < -0.39 is 6.10 Å². The van der Waals surface area contributed by atoms with Gasteiger partial charge < -0.3 is 39.0 Å². The molecule has 2 heterocycles. The van der Waals surface area contributed by atoms with E-state index in [4.69, 9.17) is 53.6 Å². The smallest absolute Gasteiger partial charge is 0.167 e. The van der Waals surface area contributed by atoms with Crippen molar-refractivity contribution in [1.82, 2.24) is 29.9 Å². The lowest BCUT2D eigenvalue weighted by molar-refractivity contribution is -0.0389. The molecule has 2 atom stereocenters. The number of phenolic OH excluding ortho intramolecular Hbond substituents is 2. The lowest BCUT2D eigenvalue weighted by Crippen LogP contribution is -2.28. The van der Waals surface area contributed by atoms with Crippen molar-refractivity contribution >= 4 is 0 Å². The van der Waals surface area contributed by atoms with Crippen molar-refractivity contribution in [1.29, 1.82) is 0 Å². The topological polar surface area (TPSA) is 184 Å². The van der Waals surface area contributed by atoms with Crippen molar-refractivity contribution in [3.63, 3.8) is 0 Å². The average Bonchev–Trinajstić information content (AvgIpc) is 0.811. The molecule has 0 radical (unpaired) electrons. The lowest BCUT2D eigenvalue weighted by Gasteiger charge is -2.19. The van der Waals surface area contributed by atoms with Crippen LogP contribution in [-0.4, -0.2) is 104 Å². The summed E-state index contributed by atoms with van der Waals surface area (Å²) in [5.74, 6) is 3.84. The molecule has 0 amide bonds. The molecule has 2 aromatic heterocycles. The van der Waals surface area contributed by atoms with Gasteiger partial charge in [0.2, 0.25) is 0 Å². The number of aromatic nitrogens is 6. The molecule has 0 aliphatic carbocycles. The number of aliphatic hydroxyl groups is 1. The molecule has 95 heavy (non-hydrogen) atoms. The fraction of sp³-hybridized carbons (Fsp3) is 0.481. The number of ether oxygens (including phenoxy) is 5. The number of aliphatic hydroxyl groups excluding tert-OH is 1. The van der Waals surface area contributed by atoms with Crippen molar-refractivity contribution < 1.29 is 39.0 Å². The number of nitrogens with zero attached hydrogens (tertiary/aromatic N) is 6. The van der Waals surface area contributed by atoms with Crippen LogP contribution in [0.5, 0.6) is 23.0 Å². The van der Waals surface area contributed by atoms with E-state index in [1.165, 1.54) is 102 Å². The van der Waals surface area contributed by atoms with E-state index in [0.717, 1.165) is 105 Å². The van der Waals surface area contributed by atoms with Crippen molar-refractivity contribution in [2.75, 3.05) is 46.2 Å². The molecule has 0 aliphatic rings. The number of hydrogen-bond acceptors (Lipinski definition) is 14. The SMILES string of the molecule is CCCCCCCCCCCCCOCC(COc1ccc(-c2nc(-c3ccc(C)cc3C)nc(-c3ccc(C)cc3C)n2)c(O)c1)OCCCCCCCCCCCCOCC(O)COc1ccc(-c2nc(-c3ccc(C)cc3C)nc(-c3ccc(C)cc3C)n2)c(O)c1. The average molecular weight is 1290 g/mol. The van der Waals surface area contributed by atoms with Crippen molar-refractivity contribution in [3.05, 3.63) is 154 Å². The maximum Gasteiger partial charge on any atom is 0.167 e. The third-order valence-corrected chi connectivity index (χ3v) is 17.6. The van der Waals surface area contributed by atoms with Gasteiger partial charge in [-0.05, 0) is 121 Å². The summed E-state index contributed by atoms with van der Waals surface area (Å²) in [5, 5.41) is 33.6. The van der Waals surface area contributed by atoms with Gasteiger partial charge in [-0.3, -0.25) is 0 Å². The molecule has 0 saturated heterocycles. The van der Waals surface area contributed by atoms with Crippen molar-refractivity contribution in [2.24, 2.45) is 0 Å². The van der Waals surface area contributed by atoms with E-state index in [-0.39, 0.29) is 30.8 Å². The van der Waals surface area contributed by atoms with Crippen LogP contribution in [0.15, 0.2) is 109 Å². The largest absolute Gasteiger partial charge is 0.507 e. The second-order valence-electron chi connectivity index (χ2n) is 26.2. The zero-order valence-corrected chi connectivity index (χ0v) is 58.4. The first-order valence-corrected chi connectivity index (χ1v) is 35.3. The standard InChI is InChI=1S/C81H106N6O8/c1-10-11-12-13-14-15-16-19-23-26-29-44-92-54-67(55-95-66-36-42-73(75(90)51-66)81-86-78(70-39-33-58(4)48-62(70)8)83-79(87-81)71-40-34-59(5)49-63(71)9)93-45-30-27-24-21-18-17-20-22-25-28-43-91-52-64(88)53-94-65-35-41-72(74(89)50-65)80-84-76(68-37-31-56(2)46-60(68)6)82-77(85-80)69-38-32-57(3)47-61(69)7/h31-42,46-51,64,67,88-90H,10-30,43-45,52-55H2,1-9H3. The van der Waals surface area contributed by atoms with Gasteiger partial charge in [0.15, 0.2) is 34.9 Å². The Morgan fingerprint density at radius 3 is 0.947 bits per heavy atom. The molecule has 0 aliphatic heterocycles. The Morgan fingerprint density at radius 2 is 0.611 bits per heavy atom. The zero-order chi connectivity index (χ0) is 67.3. The number of aromatic hydroxyl groups is 2. The van der Waals surface area contributed by atoms with Gasteiger partial charge >= 0.3 is 0 Å². The summed E-state index contributed by atoms with van der Waals surface area (Å²) < 4.78 is 30.7. The van der Waals surface area contributed by atoms with Crippen LogP contribution in [0.25, 0.3) is 68.3 Å². The number of unbranched alkanes of at least 4 members (excludes halogenated alkanes) is 19. The van der Waals surface area contributed by atoms with E-state index >= 15 is 0 Å². The molecule has 2 unspecified atom stereocenters. The highest BCUT2D eigenvalue weighted by molar-refractivity contribution is 5.74. The van der Waals surface area contributed by atoms with Gasteiger partial charge in [0, 0.05) is 54.2 Å². The van der Waals surface area contributed by atoms with Crippen LogP contribution in [0.4, 0.5) is 0 Å². The van der Waals surface area contributed by atoms with Gasteiger partial charge in [0.25, 0.3) is 0 Å². The summed E-state index contributed by atoms with van der Waals surface area (Å²) >= 11 is 0. The number of benzene rings is 6. The summed E-state index contributed by atoms with van der Waals surface area (Å²) in [7, 11) is 0. The summed E-state index contributed by atoms with van der Waals surface area (Å²) in [4.78, 5) is 29.4. The Hall–Kier alpha value is -7.62. The highest BCUT2D eigenvalue weighted by atomic mass is 16.6. The quantitative estimate of drug-likeness (QED) is 0.0307. The Kier molecular flexibility index (Phi) is 29.9. The third-order valence-electron chi connectivity index (χ3n) is 17.6. The minimum Gasteiger partial charge on any atom is -0.507 e. The molecular formula is C81H106N6O8. The van der Waals surface area contributed by atoms with Crippen LogP contribution in [0.2, 0.25) is 0 Å². The molecule has 14 heteroatoms. The summed E-state index contributed by atoms with van der Waals surface area (Å²) in [6, 6.07) is 35.2. The van der Waals surface area contributed by atoms with Crippen LogP contribution >= 0.6 is 0 Å². The highest BCUT2D eigenvalue weighted by Gasteiger charge is 2.21. The second kappa shape index (κ2) is 38.8. The molecule has 6 aromatic carbocycles. The molecule has 0 bridgehead atoms. The molecule has 0 fully saturated rings. The maximum atomic E-state index is 11.6. The van der Waals surface area contributed by atoms with Gasteiger partial charge in [-0.1, -0.05) is 218 Å². The first kappa shape index (κ1) is 73.2. The third kappa shape index (κ3) is 23.6. The predicted octanol–water partition coefficient (Wildman–Crippen LogP) is 19.4. The molecule has 14 nitrogen and oxygen atoms in total. The monoisotopic (exact) mass is 1290 g/mol. The first-order chi connectivity index (χ1) is 46.1. The van der Waals surface area contributed by atoms with Crippen LogP contribution in [-0.2, 0) is 14.2 Å². The maximum absolute atomic E-state index is 11.6. The summed E-state index contributed by atoms with van der Waals surface area (Å²) in [5.41, 5.74) is 13.4. The van der Waals surface area contributed by atoms with Gasteiger partial charge in [0.1, 0.15) is 48.4 Å². The number of phenols is 2. The van der Waals surface area contributed by atoms with Crippen molar-refractivity contribution in [2.45, 2.75) is 209 Å². The fourth-order valence-electron chi connectivity index (χ4n) is 12.2.